The van der Waals surface area contributed by atoms with Crippen molar-refractivity contribution in [1.82, 2.24) is 10.7 Å². The summed E-state index contributed by atoms with van der Waals surface area (Å²) in [6.45, 7) is 2.30. The summed E-state index contributed by atoms with van der Waals surface area (Å²) in [6.07, 6.45) is 1.49. The summed E-state index contributed by atoms with van der Waals surface area (Å²) < 4.78 is 0. The fourth-order valence-electron chi connectivity index (χ4n) is 1.30. The summed E-state index contributed by atoms with van der Waals surface area (Å²) in [6, 6.07) is 0. The Balaban J connectivity index is 2.27. The van der Waals surface area contributed by atoms with Gasteiger partial charge in [-0.1, -0.05) is 6.92 Å². The molecule has 2 amide bonds. The predicted octanol–water partition coefficient (Wildman–Crippen LogP) is -0.470. The number of nitrogens with zero attached hydrogens (tertiary/aromatic N) is 1. The average Bonchev–Trinajstić information content (AvgIpc) is 2.29. The number of rotatable bonds is 5. The molecule has 90 valence electrons. The van der Waals surface area contributed by atoms with E-state index in [-0.39, 0.29) is 17.9 Å². The fraction of sp³-hybridized carbons (Fsp3) is 0.700. The maximum atomic E-state index is 11.5. The van der Waals surface area contributed by atoms with E-state index in [1.165, 1.54) is 0 Å². The van der Waals surface area contributed by atoms with Gasteiger partial charge in [-0.3, -0.25) is 9.59 Å². The standard InChI is InChI=1S/C10H17N3O3/c1-2-7(14)5-6-11-10(16)8-3-4-9(15)13-12-8/h7,14H,2-6H2,1H3,(H,11,16)(H,13,15). The molecule has 1 atom stereocenters. The molecule has 1 aliphatic rings. The van der Waals surface area contributed by atoms with Gasteiger partial charge in [-0.25, -0.2) is 5.43 Å². The zero-order chi connectivity index (χ0) is 12.0. The van der Waals surface area contributed by atoms with Crippen LogP contribution in [0.2, 0.25) is 0 Å². The lowest BCUT2D eigenvalue weighted by atomic mass is 10.1. The Kier molecular flexibility index (Phi) is 4.91. The van der Waals surface area contributed by atoms with Gasteiger partial charge >= 0.3 is 0 Å². The second kappa shape index (κ2) is 6.22. The largest absolute Gasteiger partial charge is 0.393 e. The monoisotopic (exact) mass is 227 g/mol. The quantitative estimate of drug-likeness (QED) is 0.593. The van der Waals surface area contributed by atoms with Gasteiger partial charge in [-0.15, -0.1) is 0 Å². The van der Waals surface area contributed by atoms with Crippen LogP contribution in [0.1, 0.15) is 32.6 Å². The molecule has 6 heteroatoms. The molecular weight excluding hydrogens is 210 g/mol. The number of aliphatic hydroxyl groups excluding tert-OH is 1. The molecule has 16 heavy (non-hydrogen) atoms. The normalized spacial score (nSPS) is 17.4. The van der Waals surface area contributed by atoms with E-state index in [2.05, 4.69) is 15.8 Å². The Morgan fingerprint density at radius 2 is 2.38 bits per heavy atom. The Morgan fingerprint density at radius 1 is 1.62 bits per heavy atom. The minimum absolute atomic E-state index is 0.169. The van der Waals surface area contributed by atoms with Crippen molar-refractivity contribution < 1.29 is 14.7 Å². The van der Waals surface area contributed by atoms with Crippen molar-refractivity contribution in [3.63, 3.8) is 0 Å². The topological polar surface area (TPSA) is 90.8 Å². The van der Waals surface area contributed by atoms with Crippen molar-refractivity contribution in [2.24, 2.45) is 5.10 Å². The third-order valence-corrected chi connectivity index (χ3v) is 2.40. The fourth-order valence-corrected chi connectivity index (χ4v) is 1.30. The van der Waals surface area contributed by atoms with Gasteiger partial charge in [-0.2, -0.15) is 5.10 Å². The van der Waals surface area contributed by atoms with Crippen LogP contribution in [0.4, 0.5) is 0 Å². The molecule has 0 aromatic rings. The van der Waals surface area contributed by atoms with Crippen molar-refractivity contribution in [3.8, 4) is 0 Å². The highest BCUT2D eigenvalue weighted by Gasteiger charge is 2.17. The van der Waals surface area contributed by atoms with Crippen LogP contribution in [0, 0.1) is 0 Å². The van der Waals surface area contributed by atoms with Gasteiger partial charge in [0.1, 0.15) is 5.71 Å². The maximum absolute atomic E-state index is 11.5. The Morgan fingerprint density at radius 3 is 2.94 bits per heavy atom. The number of nitrogens with one attached hydrogen (secondary N) is 2. The van der Waals surface area contributed by atoms with E-state index in [9.17, 15) is 14.7 Å². The number of carbonyl (C=O) groups is 2. The van der Waals surface area contributed by atoms with Gasteiger partial charge in [0.2, 0.25) is 5.91 Å². The zero-order valence-corrected chi connectivity index (χ0v) is 9.32. The number of aliphatic hydroxyl groups is 1. The van der Waals surface area contributed by atoms with E-state index >= 15 is 0 Å². The lowest BCUT2D eigenvalue weighted by Gasteiger charge is -2.12. The van der Waals surface area contributed by atoms with Crippen LogP contribution in [-0.4, -0.2) is 35.3 Å². The van der Waals surface area contributed by atoms with Crippen molar-refractivity contribution in [2.45, 2.75) is 38.7 Å². The third kappa shape index (κ3) is 3.98. The Labute approximate surface area is 94.1 Å². The van der Waals surface area contributed by atoms with Crippen LogP contribution in [0.5, 0.6) is 0 Å². The minimum Gasteiger partial charge on any atom is -0.393 e. The Bertz CT molecular complexity index is 302. The molecule has 1 rings (SSSR count). The molecule has 0 spiro atoms. The first-order valence-corrected chi connectivity index (χ1v) is 5.45. The van der Waals surface area contributed by atoms with Gasteiger partial charge in [0, 0.05) is 19.4 Å². The molecule has 6 nitrogen and oxygen atoms in total. The summed E-state index contributed by atoms with van der Waals surface area (Å²) in [7, 11) is 0. The van der Waals surface area contributed by atoms with Crippen LogP contribution < -0.4 is 10.7 Å². The predicted molar refractivity (Wildman–Crippen MR) is 58.7 cm³/mol. The smallest absolute Gasteiger partial charge is 0.267 e. The van der Waals surface area contributed by atoms with Crippen molar-refractivity contribution in [1.29, 1.82) is 0 Å². The van der Waals surface area contributed by atoms with E-state index < -0.39 is 0 Å². The first-order chi connectivity index (χ1) is 7.63. The number of hydrogen-bond donors (Lipinski definition) is 3. The highest BCUT2D eigenvalue weighted by Crippen LogP contribution is 2.00. The van der Waals surface area contributed by atoms with E-state index in [0.29, 0.717) is 37.9 Å². The first-order valence-electron chi connectivity index (χ1n) is 5.45. The molecule has 0 aromatic carbocycles. The lowest BCUT2D eigenvalue weighted by Crippen LogP contribution is -2.37. The van der Waals surface area contributed by atoms with Gasteiger partial charge in [0.15, 0.2) is 0 Å². The molecule has 1 unspecified atom stereocenters. The molecule has 1 heterocycles. The number of amides is 2. The van der Waals surface area contributed by atoms with Gasteiger partial charge in [0.25, 0.3) is 5.91 Å². The van der Waals surface area contributed by atoms with Crippen LogP contribution in [-0.2, 0) is 9.59 Å². The molecular formula is C10H17N3O3. The van der Waals surface area contributed by atoms with Gasteiger partial charge < -0.3 is 10.4 Å². The molecule has 0 bridgehead atoms. The lowest BCUT2D eigenvalue weighted by molar-refractivity contribution is -0.121. The highest BCUT2D eigenvalue weighted by atomic mass is 16.3. The second-order valence-electron chi connectivity index (χ2n) is 3.70. The maximum Gasteiger partial charge on any atom is 0.267 e. The van der Waals surface area contributed by atoms with E-state index in [1.807, 2.05) is 6.92 Å². The molecule has 0 radical (unpaired) electrons. The van der Waals surface area contributed by atoms with E-state index in [4.69, 9.17) is 0 Å². The molecule has 0 saturated heterocycles. The zero-order valence-electron chi connectivity index (χ0n) is 9.32. The Hall–Kier alpha value is -1.43. The first kappa shape index (κ1) is 12.6. The average molecular weight is 227 g/mol. The van der Waals surface area contributed by atoms with Crippen molar-refractivity contribution >= 4 is 17.5 Å². The SMILES string of the molecule is CCC(O)CCNC(=O)C1=NNC(=O)CC1. The number of carbonyl (C=O) groups excluding carboxylic acids is 2. The summed E-state index contributed by atoms with van der Waals surface area (Å²) >= 11 is 0. The third-order valence-electron chi connectivity index (χ3n) is 2.40. The van der Waals surface area contributed by atoms with Crippen LogP contribution in [0.25, 0.3) is 0 Å². The highest BCUT2D eigenvalue weighted by molar-refractivity contribution is 6.39. The van der Waals surface area contributed by atoms with Crippen molar-refractivity contribution in [3.05, 3.63) is 0 Å². The molecule has 1 aliphatic heterocycles. The molecule has 0 aliphatic carbocycles. The number of hydrazone groups is 1. The summed E-state index contributed by atoms with van der Waals surface area (Å²) in [5.74, 6) is -0.443. The van der Waals surface area contributed by atoms with Crippen molar-refractivity contribution in [2.75, 3.05) is 6.54 Å². The second-order valence-corrected chi connectivity index (χ2v) is 3.70. The van der Waals surface area contributed by atoms with Gasteiger partial charge in [-0.05, 0) is 12.8 Å². The molecule has 0 saturated carbocycles. The van der Waals surface area contributed by atoms with Crippen LogP contribution >= 0.6 is 0 Å². The molecule has 0 aromatic heterocycles. The summed E-state index contributed by atoms with van der Waals surface area (Å²) in [4.78, 5) is 22.3. The molecule has 3 N–H and O–H groups in total. The van der Waals surface area contributed by atoms with E-state index in [1.54, 1.807) is 0 Å². The van der Waals surface area contributed by atoms with E-state index in [0.717, 1.165) is 0 Å². The van der Waals surface area contributed by atoms with Gasteiger partial charge in [0.05, 0.1) is 6.10 Å². The van der Waals surface area contributed by atoms with Crippen LogP contribution in [0.15, 0.2) is 5.10 Å². The summed E-state index contributed by atoms with van der Waals surface area (Å²) in [5, 5.41) is 15.6. The summed E-state index contributed by atoms with van der Waals surface area (Å²) in [5.41, 5.74) is 2.60. The molecule has 0 fully saturated rings. The number of hydrogen-bond acceptors (Lipinski definition) is 4. The van der Waals surface area contributed by atoms with Crippen LogP contribution in [0.3, 0.4) is 0 Å². The minimum atomic E-state index is -0.381.